The van der Waals surface area contributed by atoms with Crippen LogP contribution >= 0.6 is 0 Å². The van der Waals surface area contributed by atoms with Crippen LogP contribution in [-0.2, 0) is 0 Å². The molecule has 0 fully saturated rings. The van der Waals surface area contributed by atoms with Crippen molar-refractivity contribution in [2.45, 2.75) is 44.7 Å². The molecule has 0 saturated heterocycles. The summed E-state index contributed by atoms with van der Waals surface area (Å²) in [5, 5.41) is 7.79. The van der Waals surface area contributed by atoms with Crippen LogP contribution in [0.25, 0.3) is 22.6 Å². The van der Waals surface area contributed by atoms with Gasteiger partial charge in [-0.3, -0.25) is 4.99 Å². The maximum absolute atomic E-state index is 6.17. The Morgan fingerprint density at radius 2 is 1.23 bits per heavy atom. The van der Waals surface area contributed by atoms with E-state index in [0.29, 0.717) is 59.2 Å². The molecule has 1 aliphatic heterocycles. The van der Waals surface area contributed by atoms with Gasteiger partial charge in [-0.2, -0.15) is 0 Å². The number of hydrogen-bond acceptors (Lipinski definition) is 11. The van der Waals surface area contributed by atoms with E-state index in [9.17, 15) is 0 Å². The van der Waals surface area contributed by atoms with Crippen LogP contribution in [0.1, 0.15) is 55.8 Å². The minimum absolute atomic E-state index is 0.165. The van der Waals surface area contributed by atoms with Gasteiger partial charge in [0.05, 0.1) is 48.8 Å². The van der Waals surface area contributed by atoms with Crippen LogP contribution in [0.4, 0.5) is 5.69 Å². The quantitative estimate of drug-likeness (QED) is 0.0827. The zero-order valence-electron chi connectivity index (χ0n) is 31.0. The average molecular weight is 722 g/mol. The van der Waals surface area contributed by atoms with E-state index < -0.39 is 0 Å². The van der Waals surface area contributed by atoms with Crippen molar-refractivity contribution in [3.63, 3.8) is 0 Å². The molecule has 11 nitrogen and oxygen atoms in total. The Morgan fingerprint density at radius 1 is 0.585 bits per heavy atom. The lowest BCUT2D eigenvalue weighted by Gasteiger charge is -2.22. The summed E-state index contributed by atoms with van der Waals surface area (Å²) in [5.41, 5.74) is 5.43. The Bertz CT molecular complexity index is 1970. The number of hydrogen-bond donors (Lipinski definition) is 1. The average Bonchev–Trinajstić information content (AvgIpc) is 3.71. The first kappa shape index (κ1) is 36.9. The van der Waals surface area contributed by atoms with Crippen LogP contribution in [0, 0.1) is 0 Å². The molecule has 1 aromatic heterocycles. The number of fused-ring (bicyclic) bond motifs is 1. The second-order valence-corrected chi connectivity index (χ2v) is 12.5. The standard InChI is InChI=1S/C42H47N3O8/c1-46-34-18-16-28(33-26-36(53-45-33)31-24-39(48-3)41(50-5)40(25-31)49-4)22-38(34)52-21-13-9-7-6-8-12-20-51-35-19-17-29(23-37(35)47-2)42-43-27-30-14-10-11-15-32(30)44-42/h10-11,14-19,22-27,42,44H,6-9,12-13,20-21H2,1-5H3. The van der Waals surface area contributed by atoms with Crippen LogP contribution in [-0.4, -0.2) is 60.1 Å². The van der Waals surface area contributed by atoms with Gasteiger partial charge in [0.1, 0.15) is 11.9 Å². The minimum atomic E-state index is -0.165. The van der Waals surface area contributed by atoms with Crippen LogP contribution in [0.5, 0.6) is 40.2 Å². The van der Waals surface area contributed by atoms with Gasteiger partial charge >= 0.3 is 0 Å². The van der Waals surface area contributed by atoms with E-state index in [1.807, 2.05) is 79.0 Å². The van der Waals surface area contributed by atoms with Gasteiger partial charge in [-0.25, -0.2) is 0 Å². The topological polar surface area (TPSA) is 115 Å². The molecule has 1 atom stereocenters. The van der Waals surface area contributed by atoms with E-state index in [0.717, 1.165) is 72.2 Å². The highest BCUT2D eigenvalue weighted by atomic mass is 16.5. The number of nitrogens with zero attached hydrogens (tertiary/aromatic N) is 2. The Morgan fingerprint density at radius 3 is 1.92 bits per heavy atom. The maximum atomic E-state index is 6.17. The molecular weight excluding hydrogens is 674 g/mol. The summed E-state index contributed by atoms with van der Waals surface area (Å²) < 4.78 is 45.6. The van der Waals surface area contributed by atoms with Crippen molar-refractivity contribution in [1.82, 2.24) is 5.16 Å². The van der Waals surface area contributed by atoms with Crippen molar-refractivity contribution in [3.8, 4) is 62.8 Å². The van der Waals surface area contributed by atoms with Gasteiger partial charge in [0.25, 0.3) is 0 Å². The number of para-hydroxylation sites is 1. The van der Waals surface area contributed by atoms with E-state index in [4.69, 9.17) is 37.7 Å². The third-order valence-electron chi connectivity index (χ3n) is 9.09. The molecule has 4 aromatic carbocycles. The van der Waals surface area contributed by atoms with Gasteiger partial charge in [0.15, 0.2) is 40.3 Å². The molecule has 0 spiro atoms. The van der Waals surface area contributed by atoms with E-state index in [1.54, 1.807) is 35.5 Å². The van der Waals surface area contributed by atoms with Gasteiger partial charge in [0.2, 0.25) is 5.75 Å². The molecule has 278 valence electrons. The van der Waals surface area contributed by atoms with E-state index in [1.165, 1.54) is 0 Å². The lowest BCUT2D eigenvalue weighted by Crippen LogP contribution is -2.14. The lowest BCUT2D eigenvalue weighted by molar-refractivity contribution is 0.279. The SMILES string of the molecule is COc1cc(C2N=Cc3ccccc3N2)ccc1OCCCCCCCCOc1cc(-c2cc(-c3cc(OC)c(OC)c(OC)c3)on2)ccc1OC. The smallest absolute Gasteiger partial charge is 0.203 e. The predicted octanol–water partition coefficient (Wildman–Crippen LogP) is 9.39. The second kappa shape index (κ2) is 18.1. The molecule has 1 N–H and O–H groups in total. The van der Waals surface area contributed by atoms with E-state index in [2.05, 4.69) is 21.5 Å². The van der Waals surface area contributed by atoms with Crippen molar-refractivity contribution in [2.75, 3.05) is 54.1 Å². The second-order valence-electron chi connectivity index (χ2n) is 12.5. The number of methoxy groups -OCH3 is 5. The van der Waals surface area contributed by atoms with Crippen molar-refractivity contribution < 1.29 is 37.7 Å². The molecule has 11 heteroatoms. The first-order chi connectivity index (χ1) is 26.0. The zero-order chi connectivity index (χ0) is 37.0. The lowest BCUT2D eigenvalue weighted by atomic mass is 10.1. The molecule has 6 rings (SSSR count). The monoisotopic (exact) mass is 721 g/mol. The van der Waals surface area contributed by atoms with Gasteiger partial charge < -0.3 is 43.0 Å². The molecule has 0 amide bonds. The largest absolute Gasteiger partial charge is 0.493 e. The summed E-state index contributed by atoms with van der Waals surface area (Å²) in [4.78, 5) is 4.67. The molecule has 53 heavy (non-hydrogen) atoms. The fraction of sp³-hybridized carbons (Fsp3) is 0.333. The first-order valence-electron chi connectivity index (χ1n) is 17.8. The minimum Gasteiger partial charge on any atom is -0.493 e. The number of ether oxygens (including phenoxy) is 7. The predicted molar refractivity (Wildman–Crippen MR) is 206 cm³/mol. The number of aliphatic imine (C=N–C) groups is 1. The van der Waals surface area contributed by atoms with Gasteiger partial charge in [-0.1, -0.05) is 55.1 Å². The van der Waals surface area contributed by atoms with Crippen molar-refractivity contribution in [1.29, 1.82) is 0 Å². The van der Waals surface area contributed by atoms with Gasteiger partial charge in [-0.15, -0.1) is 0 Å². The molecule has 0 bridgehead atoms. The summed E-state index contributed by atoms with van der Waals surface area (Å²) in [7, 11) is 8.03. The van der Waals surface area contributed by atoms with Crippen LogP contribution < -0.4 is 38.5 Å². The Kier molecular flexibility index (Phi) is 12.6. The first-order valence-corrected chi connectivity index (χ1v) is 17.8. The summed E-state index contributed by atoms with van der Waals surface area (Å²) >= 11 is 0. The Labute approximate surface area is 310 Å². The molecule has 0 saturated carbocycles. The van der Waals surface area contributed by atoms with E-state index >= 15 is 0 Å². The highest BCUT2D eigenvalue weighted by Crippen LogP contribution is 2.42. The molecule has 1 aliphatic rings. The van der Waals surface area contributed by atoms with Crippen molar-refractivity contribution >= 4 is 11.9 Å². The highest BCUT2D eigenvalue weighted by Gasteiger charge is 2.19. The van der Waals surface area contributed by atoms with Crippen LogP contribution in [0.2, 0.25) is 0 Å². The highest BCUT2D eigenvalue weighted by molar-refractivity contribution is 5.89. The van der Waals surface area contributed by atoms with Crippen molar-refractivity contribution in [3.05, 3.63) is 90.0 Å². The summed E-state index contributed by atoms with van der Waals surface area (Å²) in [6.45, 7) is 1.22. The van der Waals surface area contributed by atoms with Crippen molar-refractivity contribution in [2.24, 2.45) is 4.99 Å². The molecule has 1 unspecified atom stereocenters. The third-order valence-corrected chi connectivity index (χ3v) is 9.09. The summed E-state index contributed by atoms with van der Waals surface area (Å²) in [6, 6.07) is 25.4. The molecule has 2 heterocycles. The number of nitrogens with one attached hydrogen (secondary N) is 1. The van der Waals surface area contributed by atoms with Gasteiger partial charge in [-0.05, 0) is 61.4 Å². The number of rotatable bonds is 19. The number of benzene rings is 4. The fourth-order valence-electron chi connectivity index (χ4n) is 6.22. The molecule has 5 aromatic rings. The normalized spacial score (nSPS) is 13.1. The van der Waals surface area contributed by atoms with Gasteiger partial charge in [0, 0.05) is 40.2 Å². The Balaban J connectivity index is 0.921. The van der Waals surface area contributed by atoms with Crippen LogP contribution in [0.3, 0.4) is 0 Å². The Hall–Kier alpha value is -5.84. The summed E-state index contributed by atoms with van der Waals surface area (Å²) in [5.74, 6) is 4.92. The summed E-state index contributed by atoms with van der Waals surface area (Å²) in [6.07, 6.45) is 8.07. The number of aromatic nitrogens is 1. The third kappa shape index (κ3) is 8.97. The van der Waals surface area contributed by atoms with E-state index in [-0.39, 0.29) is 6.17 Å². The maximum Gasteiger partial charge on any atom is 0.203 e. The molecule has 0 aliphatic carbocycles. The molecule has 0 radical (unpaired) electrons. The zero-order valence-corrected chi connectivity index (χ0v) is 31.0. The fourth-order valence-corrected chi connectivity index (χ4v) is 6.22. The number of anilines is 1. The number of unbranched alkanes of at least 4 members (excludes halogenated alkanes) is 5. The van der Waals surface area contributed by atoms with Crippen LogP contribution in [0.15, 0.2) is 88.4 Å². The molecular formula is C42H47N3O8.